The summed E-state index contributed by atoms with van der Waals surface area (Å²) in [5.74, 6) is -1.23. The molecule has 2 rings (SSSR count). The van der Waals surface area contributed by atoms with E-state index in [0.29, 0.717) is 5.56 Å². The minimum Gasteiger partial charge on any atom is -0.425 e. The maximum atomic E-state index is 11.3. The number of hydrogen-bond donors (Lipinski definition) is 0. The van der Waals surface area contributed by atoms with Crippen LogP contribution in [0.2, 0.25) is 0 Å². The molecule has 0 aliphatic carbocycles. The number of methoxy groups -OCH3 is 1. The maximum Gasteiger partial charge on any atom is 0.341 e. The Morgan fingerprint density at radius 2 is 2.08 bits per heavy atom. The zero-order valence-corrected chi connectivity index (χ0v) is 7.53. The van der Waals surface area contributed by atoms with Crippen molar-refractivity contribution >= 4 is 5.97 Å². The van der Waals surface area contributed by atoms with Crippen LogP contribution in [-0.2, 0) is 15.3 Å². The molecule has 68 valence electrons. The van der Waals surface area contributed by atoms with Gasteiger partial charge in [-0.1, -0.05) is 18.2 Å². The molecule has 1 aromatic carbocycles. The van der Waals surface area contributed by atoms with Crippen LogP contribution in [0.4, 0.5) is 0 Å². The molecule has 0 spiro atoms. The number of fused-ring (bicyclic) bond motifs is 1. The molecule has 0 amide bonds. The highest BCUT2D eigenvalue weighted by Crippen LogP contribution is 2.36. The number of carbonyl (C=O) groups excluding carboxylic acids is 1. The summed E-state index contributed by atoms with van der Waals surface area (Å²) in [6, 6.07) is 7.24. The molecular formula is C10H10O3. The van der Waals surface area contributed by atoms with Gasteiger partial charge in [0.25, 0.3) is 0 Å². The highest BCUT2D eigenvalue weighted by Gasteiger charge is 2.41. The molecule has 0 bridgehead atoms. The Morgan fingerprint density at radius 3 is 2.77 bits per heavy atom. The number of benzene rings is 1. The number of hydrogen-bond acceptors (Lipinski definition) is 3. The minimum absolute atomic E-state index is 0.319. The van der Waals surface area contributed by atoms with Gasteiger partial charge in [-0.15, -0.1) is 0 Å². The first-order chi connectivity index (χ1) is 6.17. The van der Waals surface area contributed by atoms with Crippen molar-refractivity contribution < 1.29 is 14.3 Å². The fourth-order valence-electron chi connectivity index (χ4n) is 1.50. The molecule has 0 unspecified atom stereocenters. The third kappa shape index (κ3) is 1.04. The van der Waals surface area contributed by atoms with E-state index in [0.717, 1.165) is 5.56 Å². The Kier molecular flexibility index (Phi) is 1.63. The molecule has 3 nitrogen and oxygen atoms in total. The Hall–Kier alpha value is -1.35. The Morgan fingerprint density at radius 1 is 1.38 bits per heavy atom. The zero-order valence-electron chi connectivity index (χ0n) is 7.53. The van der Waals surface area contributed by atoms with Gasteiger partial charge in [0, 0.05) is 19.6 Å². The lowest BCUT2D eigenvalue weighted by Gasteiger charge is -2.21. The predicted molar refractivity (Wildman–Crippen MR) is 46.2 cm³/mol. The van der Waals surface area contributed by atoms with E-state index < -0.39 is 5.79 Å². The third-order valence-corrected chi connectivity index (χ3v) is 2.31. The highest BCUT2D eigenvalue weighted by molar-refractivity contribution is 5.94. The topological polar surface area (TPSA) is 35.5 Å². The SMILES string of the molecule is CO[C@@]1(C)OC(=O)c2ccccc21. The first-order valence-electron chi connectivity index (χ1n) is 4.05. The predicted octanol–water partition coefficient (Wildman–Crippen LogP) is 1.68. The molecule has 1 aliphatic heterocycles. The van der Waals surface area contributed by atoms with Crippen LogP contribution in [0.25, 0.3) is 0 Å². The van der Waals surface area contributed by atoms with Crippen molar-refractivity contribution in [1.82, 2.24) is 0 Å². The summed E-state index contributed by atoms with van der Waals surface area (Å²) < 4.78 is 10.3. The lowest BCUT2D eigenvalue weighted by molar-refractivity contribution is -0.172. The lowest BCUT2D eigenvalue weighted by Crippen LogP contribution is -2.23. The quantitative estimate of drug-likeness (QED) is 0.614. The van der Waals surface area contributed by atoms with Gasteiger partial charge in [0.1, 0.15) is 0 Å². The van der Waals surface area contributed by atoms with E-state index in [4.69, 9.17) is 9.47 Å². The van der Waals surface area contributed by atoms with E-state index in [2.05, 4.69) is 0 Å². The molecule has 0 N–H and O–H groups in total. The standard InChI is InChI=1S/C10H10O3/c1-10(12-2)8-6-4-3-5-7(8)9(11)13-10/h3-6H,1-2H3/t10-/m0/s1. The number of cyclic esters (lactones) is 1. The first kappa shape index (κ1) is 8.26. The maximum absolute atomic E-state index is 11.3. The smallest absolute Gasteiger partial charge is 0.341 e. The van der Waals surface area contributed by atoms with Crippen molar-refractivity contribution in [3.05, 3.63) is 35.4 Å². The molecule has 0 fully saturated rings. The van der Waals surface area contributed by atoms with E-state index in [1.807, 2.05) is 18.2 Å². The van der Waals surface area contributed by atoms with Crippen LogP contribution in [0.5, 0.6) is 0 Å². The summed E-state index contributed by atoms with van der Waals surface area (Å²) in [6.45, 7) is 1.73. The fraction of sp³-hybridized carbons (Fsp3) is 0.300. The zero-order chi connectivity index (χ0) is 9.47. The average molecular weight is 178 g/mol. The fourth-order valence-corrected chi connectivity index (χ4v) is 1.50. The summed E-state index contributed by atoms with van der Waals surface area (Å²) in [5, 5.41) is 0. The molecule has 1 atom stereocenters. The molecule has 0 saturated heterocycles. The van der Waals surface area contributed by atoms with Gasteiger partial charge < -0.3 is 9.47 Å². The average Bonchev–Trinajstić information content (AvgIpc) is 2.42. The van der Waals surface area contributed by atoms with Crippen LogP contribution in [-0.4, -0.2) is 13.1 Å². The monoisotopic (exact) mass is 178 g/mol. The number of carbonyl (C=O) groups is 1. The van der Waals surface area contributed by atoms with Crippen LogP contribution in [0.3, 0.4) is 0 Å². The number of esters is 1. The molecule has 1 heterocycles. The second-order valence-electron chi connectivity index (χ2n) is 3.08. The van der Waals surface area contributed by atoms with Gasteiger partial charge in [0.05, 0.1) is 5.56 Å². The molecular weight excluding hydrogens is 168 g/mol. The van der Waals surface area contributed by atoms with Crippen LogP contribution in [0.1, 0.15) is 22.8 Å². The van der Waals surface area contributed by atoms with Crippen LogP contribution in [0, 0.1) is 0 Å². The summed E-state index contributed by atoms with van der Waals surface area (Å²) in [5.41, 5.74) is 1.38. The minimum atomic E-state index is -0.909. The van der Waals surface area contributed by atoms with E-state index >= 15 is 0 Å². The Balaban J connectivity index is 2.59. The Bertz CT molecular complexity index is 359. The highest BCUT2D eigenvalue weighted by atomic mass is 16.7. The van der Waals surface area contributed by atoms with E-state index in [9.17, 15) is 4.79 Å². The molecule has 13 heavy (non-hydrogen) atoms. The van der Waals surface area contributed by atoms with E-state index in [1.54, 1.807) is 13.0 Å². The van der Waals surface area contributed by atoms with Crippen molar-refractivity contribution in [1.29, 1.82) is 0 Å². The van der Waals surface area contributed by atoms with E-state index in [-0.39, 0.29) is 5.97 Å². The number of ether oxygens (including phenoxy) is 2. The second kappa shape index (κ2) is 2.57. The normalized spacial score (nSPS) is 25.5. The molecule has 0 aromatic heterocycles. The third-order valence-electron chi connectivity index (χ3n) is 2.31. The van der Waals surface area contributed by atoms with Crippen molar-refractivity contribution in [2.75, 3.05) is 7.11 Å². The summed E-state index contributed by atoms with van der Waals surface area (Å²) in [4.78, 5) is 11.3. The first-order valence-corrected chi connectivity index (χ1v) is 4.05. The van der Waals surface area contributed by atoms with Gasteiger partial charge in [-0.05, 0) is 6.07 Å². The molecule has 0 radical (unpaired) electrons. The van der Waals surface area contributed by atoms with Crippen molar-refractivity contribution in [3.63, 3.8) is 0 Å². The van der Waals surface area contributed by atoms with Gasteiger partial charge in [0.2, 0.25) is 5.79 Å². The van der Waals surface area contributed by atoms with Gasteiger partial charge in [0.15, 0.2) is 0 Å². The largest absolute Gasteiger partial charge is 0.425 e. The summed E-state index contributed by atoms with van der Waals surface area (Å²) in [7, 11) is 1.52. The van der Waals surface area contributed by atoms with Crippen molar-refractivity contribution in [3.8, 4) is 0 Å². The van der Waals surface area contributed by atoms with Crippen LogP contribution in [0.15, 0.2) is 24.3 Å². The summed E-state index contributed by atoms with van der Waals surface area (Å²) >= 11 is 0. The van der Waals surface area contributed by atoms with Crippen molar-refractivity contribution in [2.24, 2.45) is 0 Å². The molecule has 3 heteroatoms. The molecule has 1 aromatic rings. The molecule has 1 aliphatic rings. The Labute approximate surface area is 76.3 Å². The van der Waals surface area contributed by atoms with Crippen LogP contribution < -0.4 is 0 Å². The number of rotatable bonds is 1. The molecule has 0 saturated carbocycles. The second-order valence-corrected chi connectivity index (χ2v) is 3.08. The van der Waals surface area contributed by atoms with Gasteiger partial charge in [-0.25, -0.2) is 4.79 Å². The van der Waals surface area contributed by atoms with Gasteiger partial charge >= 0.3 is 5.97 Å². The van der Waals surface area contributed by atoms with E-state index in [1.165, 1.54) is 7.11 Å². The van der Waals surface area contributed by atoms with Gasteiger partial charge in [-0.3, -0.25) is 0 Å². The van der Waals surface area contributed by atoms with Crippen LogP contribution >= 0.6 is 0 Å². The van der Waals surface area contributed by atoms with Gasteiger partial charge in [-0.2, -0.15) is 0 Å². The summed E-state index contributed by atoms with van der Waals surface area (Å²) in [6.07, 6.45) is 0. The van der Waals surface area contributed by atoms with Crippen molar-refractivity contribution in [2.45, 2.75) is 12.7 Å². The lowest BCUT2D eigenvalue weighted by atomic mass is 10.0.